The molecule has 8 nitrogen and oxygen atoms in total. The van der Waals surface area contributed by atoms with Crippen LogP contribution in [0.15, 0.2) is 49.1 Å². The molecule has 9 heteroatoms. The maximum atomic E-state index is 11.8. The lowest BCUT2D eigenvalue weighted by molar-refractivity contribution is -0.117. The quantitative estimate of drug-likeness (QED) is 0.253. The van der Waals surface area contributed by atoms with Gasteiger partial charge in [-0.25, -0.2) is 9.67 Å². The minimum atomic E-state index is -1.46. The number of nitrogens with zero attached hydrogens (tertiary/aromatic N) is 4. The standard InChI is InChI=1S/C22H20ClN5O3/c1-3-22(31,11-12-27(2)14-29)10-9-15-5-4-6-16(13-15)28-21-17(7-8-18(23)25-21)19(26-28)20(24)30/h3-8,13-14,31H,1,11-12H2,2H3,(H2,24,30). The number of carbonyl (C=O) groups is 2. The van der Waals surface area contributed by atoms with Crippen LogP contribution in [0.2, 0.25) is 5.15 Å². The van der Waals surface area contributed by atoms with E-state index in [4.69, 9.17) is 17.3 Å². The Hall–Kier alpha value is -3.67. The summed E-state index contributed by atoms with van der Waals surface area (Å²) in [5.74, 6) is 5.03. The van der Waals surface area contributed by atoms with Crippen LogP contribution in [0.5, 0.6) is 0 Å². The lowest BCUT2D eigenvalue weighted by Gasteiger charge is -2.20. The number of primary amides is 1. The Morgan fingerprint density at radius 2 is 2.19 bits per heavy atom. The number of aromatic nitrogens is 3. The van der Waals surface area contributed by atoms with E-state index < -0.39 is 11.5 Å². The summed E-state index contributed by atoms with van der Waals surface area (Å²) in [5, 5.41) is 15.6. The van der Waals surface area contributed by atoms with Crippen LogP contribution in [0.25, 0.3) is 16.7 Å². The average Bonchev–Trinajstić information content (AvgIpc) is 3.15. The van der Waals surface area contributed by atoms with Gasteiger partial charge in [0, 0.05) is 25.6 Å². The lowest BCUT2D eigenvalue weighted by atomic mass is 10.00. The Morgan fingerprint density at radius 3 is 2.87 bits per heavy atom. The van der Waals surface area contributed by atoms with Crippen molar-refractivity contribution >= 4 is 35.0 Å². The van der Waals surface area contributed by atoms with Crippen molar-refractivity contribution < 1.29 is 14.7 Å². The van der Waals surface area contributed by atoms with Crippen LogP contribution in [0.3, 0.4) is 0 Å². The minimum absolute atomic E-state index is 0.0796. The maximum absolute atomic E-state index is 11.8. The van der Waals surface area contributed by atoms with Crippen molar-refractivity contribution in [1.82, 2.24) is 19.7 Å². The van der Waals surface area contributed by atoms with E-state index in [9.17, 15) is 14.7 Å². The molecular weight excluding hydrogens is 418 g/mol. The van der Waals surface area contributed by atoms with E-state index >= 15 is 0 Å². The highest BCUT2D eigenvalue weighted by atomic mass is 35.5. The largest absolute Gasteiger partial charge is 0.374 e. The van der Waals surface area contributed by atoms with Crippen molar-refractivity contribution in [1.29, 1.82) is 0 Å². The van der Waals surface area contributed by atoms with E-state index in [-0.39, 0.29) is 17.3 Å². The van der Waals surface area contributed by atoms with Crippen molar-refractivity contribution in [2.75, 3.05) is 13.6 Å². The van der Waals surface area contributed by atoms with Gasteiger partial charge in [0.2, 0.25) is 6.41 Å². The van der Waals surface area contributed by atoms with Gasteiger partial charge >= 0.3 is 0 Å². The first-order chi connectivity index (χ1) is 14.8. The Labute approximate surface area is 183 Å². The van der Waals surface area contributed by atoms with Gasteiger partial charge in [-0.05, 0) is 36.4 Å². The molecule has 0 radical (unpaired) electrons. The third-order valence-corrected chi connectivity index (χ3v) is 4.82. The molecule has 0 aliphatic rings. The number of pyridine rings is 1. The molecule has 2 aromatic heterocycles. The van der Waals surface area contributed by atoms with Crippen molar-refractivity contribution in [2.24, 2.45) is 5.73 Å². The number of hydrogen-bond acceptors (Lipinski definition) is 5. The molecule has 0 saturated heterocycles. The van der Waals surface area contributed by atoms with Crippen molar-refractivity contribution in [3.05, 3.63) is 65.5 Å². The molecule has 0 saturated carbocycles. The third kappa shape index (κ3) is 4.91. The predicted molar refractivity (Wildman–Crippen MR) is 118 cm³/mol. The molecule has 158 valence electrons. The fourth-order valence-corrected chi connectivity index (χ4v) is 2.99. The number of rotatable bonds is 7. The van der Waals surface area contributed by atoms with Gasteiger partial charge in [0.05, 0.1) is 11.1 Å². The molecule has 1 aromatic carbocycles. The van der Waals surface area contributed by atoms with Gasteiger partial charge in [-0.2, -0.15) is 5.10 Å². The van der Waals surface area contributed by atoms with Gasteiger partial charge < -0.3 is 15.7 Å². The van der Waals surface area contributed by atoms with Crippen LogP contribution < -0.4 is 5.73 Å². The van der Waals surface area contributed by atoms with Gasteiger partial charge in [-0.1, -0.05) is 36.1 Å². The smallest absolute Gasteiger partial charge is 0.269 e. The van der Waals surface area contributed by atoms with Crippen LogP contribution in [0.1, 0.15) is 22.5 Å². The minimum Gasteiger partial charge on any atom is -0.374 e. The number of halogens is 1. The van der Waals surface area contributed by atoms with Crippen LogP contribution in [0.4, 0.5) is 0 Å². The molecule has 2 amide bonds. The van der Waals surface area contributed by atoms with Crippen molar-refractivity contribution in [3.63, 3.8) is 0 Å². The van der Waals surface area contributed by atoms with E-state index in [0.717, 1.165) is 0 Å². The van der Waals surface area contributed by atoms with Crippen molar-refractivity contribution in [2.45, 2.75) is 12.0 Å². The fraction of sp³-hybridized carbons (Fsp3) is 0.182. The number of hydrogen-bond donors (Lipinski definition) is 2. The molecular formula is C22H20ClN5O3. The number of nitrogens with two attached hydrogens (primary N) is 1. The van der Waals surface area contributed by atoms with Gasteiger partial charge in [-0.3, -0.25) is 9.59 Å². The second-order valence-corrected chi connectivity index (χ2v) is 7.28. The van der Waals surface area contributed by atoms with E-state index in [1.165, 1.54) is 15.7 Å². The van der Waals surface area contributed by atoms with Gasteiger partial charge in [0.15, 0.2) is 11.3 Å². The van der Waals surface area contributed by atoms with Gasteiger partial charge in [0.25, 0.3) is 5.91 Å². The summed E-state index contributed by atoms with van der Waals surface area (Å²) in [6.45, 7) is 3.96. The molecule has 31 heavy (non-hydrogen) atoms. The molecule has 2 heterocycles. The molecule has 3 N–H and O–H groups in total. The topological polar surface area (TPSA) is 114 Å². The van der Waals surface area contributed by atoms with Crippen LogP contribution in [-0.4, -0.2) is 56.3 Å². The second kappa shape index (κ2) is 9.00. The number of fused-ring (bicyclic) bond motifs is 1. The first-order valence-corrected chi connectivity index (χ1v) is 9.64. The van der Waals surface area contributed by atoms with E-state index in [0.29, 0.717) is 35.2 Å². The summed E-state index contributed by atoms with van der Waals surface area (Å²) >= 11 is 6.02. The van der Waals surface area contributed by atoms with Gasteiger partial charge in [0.1, 0.15) is 10.8 Å². The number of amides is 2. The highest BCUT2D eigenvalue weighted by Crippen LogP contribution is 2.23. The first-order valence-electron chi connectivity index (χ1n) is 9.26. The Bertz CT molecular complexity index is 1230. The summed E-state index contributed by atoms with van der Waals surface area (Å²) in [6.07, 6.45) is 2.23. The normalized spacial score (nSPS) is 12.5. The molecule has 3 rings (SSSR count). The molecule has 0 bridgehead atoms. The average molecular weight is 438 g/mol. The van der Waals surface area contributed by atoms with E-state index in [1.54, 1.807) is 43.4 Å². The number of aliphatic hydroxyl groups is 1. The summed E-state index contributed by atoms with van der Waals surface area (Å²) < 4.78 is 1.46. The maximum Gasteiger partial charge on any atom is 0.269 e. The summed E-state index contributed by atoms with van der Waals surface area (Å²) in [5.41, 5.74) is 5.63. The number of benzene rings is 1. The highest BCUT2D eigenvalue weighted by molar-refractivity contribution is 6.29. The third-order valence-electron chi connectivity index (χ3n) is 4.61. The van der Waals surface area contributed by atoms with Gasteiger partial charge in [-0.15, -0.1) is 0 Å². The molecule has 0 fully saturated rings. The van der Waals surface area contributed by atoms with E-state index in [1.807, 2.05) is 0 Å². The molecule has 0 spiro atoms. The first kappa shape index (κ1) is 22.0. The van der Waals surface area contributed by atoms with Crippen molar-refractivity contribution in [3.8, 4) is 17.5 Å². The van der Waals surface area contributed by atoms with Crippen LogP contribution in [0, 0.1) is 11.8 Å². The van der Waals surface area contributed by atoms with Crippen LogP contribution >= 0.6 is 11.6 Å². The molecule has 1 atom stereocenters. The summed E-state index contributed by atoms with van der Waals surface area (Å²) in [4.78, 5) is 28.2. The SMILES string of the molecule is C=CC(O)(C#Cc1cccc(-n2nc(C(N)=O)c3ccc(Cl)nc32)c1)CCN(C)C=O. The lowest BCUT2D eigenvalue weighted by Crippen LogP contribution is -2.30. The fourth-order valence-electron chi connectivity index (χ4n) is 2.85. The molecule has 0 aliphatic carbocycles. The Balaban J connectivity index is 1.99. The highest BCUT2D eigenvalue weighted by Gasteiger charge is 2.20. The number of carbonyl (C=O) groups excluding carboxylic acids is 2. The van der Waals surface area contributed by atoms with Crippen LogP contribution in [-0.2, 0) is 4.79 Å². The second-order valence-electron chi connectivity index (χ2n) is 6.89. The zero-order valence-electron chi connectivity index (χ0n) is 16.7. The van der Waals surface area contributed by atoms with E-state index in [2.05, 4.69) is 28.5 Å². The summed E-state index contributed by atoms with van der Waals surface area (Å²) in [7, 11) is 1.61. The zero-order valence-corrected chi connectivity index (χ0v) is 17.5. The molecule has 0 aliphatic heterocycles. The zero-order chi connectivity index (χ0) is 22.6. The Kier molecular flexibility index (Phi) is 6.39. The monoisotopic (exact) mass is 437 g/mol. The molecule has 3 aromatic rings. The Morgan fingerprint density at radius 1 is 1.42 bits per heavy atom. The summed E-state index contributed by atoms with van der Waals surface area (Å²) in [6, 6.07) is 10.2. The molecule has 1 unspecified atom stereocenters. The predicted octanol–water partition coefficient (Wildman–Crippen LogP) is 1.92.